The van der Waals surface area contributed by atoms with Crippen molar-refractivity contribution >= 4 is 18.3 Å². The molecule has 71 valence electrons. The average Bonchev–Trinajstić information content (AvgIpc) is 2.26. The summed E-state index contributed by atoms with van der Waals surface area (Å²) in [5.74, 6) is -0.453. The van der Waals surface area contributed by atoms with Gasteiger partial charge in [0.15, 0.2) is 0 Å². The second kappa shape index (κ2) is 4.97. The van der Waals surface area contributed by atoms with Crippen molar-refractivity contribution in [3.63, 3.8) is 0 Å². The molecule has 0 amide bonds. The molecule has 0 aliphatic rings. The predicted molar refractivity (Wildman–Crippen MR) is 52.3 cm³/mol. The van der Waals surface area contributed by atoms with Gasteiger partial charge in [-0.05, 0) is 11.6 Å². The van der Waals surface area contributed by atoms with E-state index in [0.717, 1.165) is 0 Å². The fourth-order valence-electron chi connectivity index (χ4n) is 0.961. The van der Waals surface area contributed by atoms with E-state index in [0.29, 0.717) is 11.1 Å². The first-order valence-electron chi connectivity index (χ1n) is 4.01. The number of hydrogen-bond donors (Lipinski definition) is 0. The zero-order chi connectivity index (χ0) is 10.4. The SMILES string of the molecule is COC(=O)/C=C/c1ccccc1[C]=O. The Labute approximate surface area is 82.0 Å². The minimum Gasteiger partial charge on any atom is -0.466 e. The van der Waals surface area contributed by atoms with E-state index < -0.39 is 5.97 Å². The summed E-state index contributed by atoms with van der Waals surface area (Å²) in [5.41, 5.74) is 1.07. The number of methoxy groups -OCH3 is 1. The highest BCUT2D eigenvalue weighted by Crippen LogP contribution is 2.07. The van der Waals surface area contributed by atoms with Crippen LogP contribution in [0.2, 0.25) is 0 Å². The summed E-state index contributed by atoms with van der Waals surface area (Å²) in [5, 5.41) is 0. The first-order chi connectivity index (χ1) is 6.77. The zero-order valence-corrected chi connectivity index (χ0v) is 7.69. The maximum absolute atomic E-state index is 10.8. The van der Waals surface area contributed by atoms with E-state index in [1.54, 1.807) is 30.6 Å². The summed E-state index contributed by atoms with van der Waals surface area (Å²) in [6.07, 6.45) is 4.56. The molecule has 1 aromatic carbocycles. The van der Waals surface area contributed by atoms with Crippen molar-refractivity contribution in [2.24, 2.45) is 0 Å². The summed E-state index contributed by atoms with van der Waals surface area (Å²) >= 11 is 0. The number of carbonyl (C=O) groups is 1. The van der Waals surface area contributed by atoms with E-state index in [-0.39, 0.29) is 0 Å². The standard InChI is InChI=1S/C11H9O3/c1-14-11(13)7-6-9-4-2-3-5-10(9)8-12/h2-7H,1H3/b7-6+. The molecule has 0 heterocycles. The zero-order valence-electron chi connectivity index (χ0n) is 7.69. The van der Waals surface area contributed by atoms with Crippen LogP contribution >= 0.6 is 0 Å². The van der Waals surface area contributed by atoms with Crippen molar-refractivity contribution in [2.75, 3.05) is 7.11 Å². The summed E-state index contributed by atoms with van der Waals surface area (Å²) < 4.78 is 4.42. The molecule has 0 spiro atoms. The molecule has 0 unspecified atom stereocenters. The van der Waals surface area contributed by atoms with Crippen LogP contribution in [0.25, 0.3) is 6.08 Å². The van der Waals surface area contributed by atoms with Gasteiger partial charge in [-0.1, -0.05) is 24.3 Å². The lowest BCUT2D eigenvalue weighted by Gasteiger charge is -1.95. The third-order valence-electron chi connectivity index (χ3n) is 1.67. The van der Waals surface area contributed by atoms with Gasteiger partial charge in [-0.2, -0.15) is 0 Å². The second-order valence-electron chi connectivity index (χ2n) is 2.55. The third-order valence-corrected chi connectivity index (χ3v) is 1.67. The van der Waals surface area contributed by atoms with Gasteiger partial charge in [0.1, 0.15) is 0 Å². The summed E-state index contributed by atoms with van der Waals surface area (Å²) in [6.45, 7) is 0. The highest BCUT2D eigenvalue weighted by Gasteiger charge is 1.98. The lowest BCUT2D eigenvalue weighted by atomic mass is 10.1. The fraction of sp³-hybridized carbons (Fsp3) is 0.0909. The Balaban J connectivity index is 2.90. The third kappa shape index (κ3) is 2.55. The van der Waals surface area contributed by atoms with Gasteiger partial charge >= 0.3 is 5.97 Å². The normalized spacial score (nSPS) is 10.1. The van der Waals surface area contributed by atoms with E-state index in [2.05, 4.69) is 4.74 Å². The van der Waals surface area contributed by atoms with Crippen LogP contribution in [0.15, 0.2) is 30.3 Å². The van der Waals surface area contributed by atoms with Crippen LogP contribution in [0.4, 0.5) is 0 Å². The Morgan fingerprint density at radius 1 is 1.43 bits per heavy atom. The van der Waals surface area contributed by atoms with E-state index in [1.807, 2.05) is 0 Å². The Morgan fingerprint density at radius 2 is 2.14 bits per heavy atom. The molecule has 1 aromatic rings. The molecule has 0 saturated heterocycles. The average molecular weight is 189 g/mol. The number of rotatable bonds is 3. The maximum atomic E-state index is 10.8. The van der Waals surface area contributed by atoms with Gasteiger partial charge in [-0.15, -0.1) is 0 Å². The summed E-state index contributed by atoms with van der Waals surface area (Å²) in [6, 6.07) is 6.86. The fourth-order valence-corrected chi connectivity index (χ4v) is 0.961. The topological polar surface area (TPSA) is 43.4 Å². The predicted octanol–water partition coefficient (Wildman–Crippen LogP) is 1.33. The Bertz CT molecular complexity index is 367. The number of esters is 1. The lowest BCUT2D eigenvalue weighted by molar-refractivity contribution is -0.134. The number of hydrogen-bond acceptors (Lipinski definition) is 3. The van der Waals surface area contributed by atoms with Crippen molar-refractivity contribution < 1.29 is 14.3 Å². The van der Waals surface area contributed by atoms with Crippen LogP contribution in [0.1, 0.15) is 11.1 Å². The molecule has 3 heteroatoms. The van der Waals surface area contributed by atoms with Crippen LogP contribution in [-0.4, -0.2) is 19.4 Å². The molecule has 14 heavy (non-hydrogen) atoms. The second-order valence-corrected chi connectivity index (χ2v) is 2.55. The van der Waals surface area contributed by atoms with Crippen molar-refractivity contribution in [1.29, 1.82) is 0 Å². The molecular weight excluding hydrogens is 180 g/mol. The van der Waals surface area contributed by atoms with E-state index in [4.69, 9.17) is 0 Å². The van der Waals surface area contributed by atoms with Crippen LogP contribution in [-0.2, 0) is 14.3 Å². The van der Waals surface area contributed by atoms with Gasteiger partial charge in [0.05, 0.1) is 7.11 Å². The highest BCUT2D eigenvalue weighted by molar-refractivity contribution is 5.90. The van der Waals surface area contributed by atoms with Gasteiger partial charge in [-0.3, -0.25) is 4.79 Å². The Kier molecular flexibility index (Phi) is 3.61. The Morgan fingerprint density at radius 3 is 2.79 bits per heavy atom. The van der Waals surface area contributed by atoms with Crippen LogP contribution in [0, 0.1) is 0 Å². The first kappa shape index (κ1) is 10.2. The molecule has 0 bridgehead atoms. The molecule has 0 fully saturated rings. The van der Waals surface area contributed by atoms with E-state index in [9.17, 15) is 9.59 Å². The van der Waals surface area contributed by atoms with Gasteiger partial charge in [0.2, 0.25) is 6.29 Å². The molecule has 1 radical (unpaired) electrons. The van der Waals surface area contributed by atoms with Gasteiger partial charge in [0, 0.05) is 11.6 Å². The molecule has 0 aromatic heterocycles. The summed E-state index contributed by atoms with van der Waals surface area (Å²) in [7, 11) is 1.30. The van der Waals surface area contributed by atoms with Crippen LogP contribution < -0.4 is 0 Å². The molecule has 3 nitrogen and oxygen atoms in total. The molecule has 0 saturated carbocycles. The van der Waals surface area contributed by atoms with E-state index >= 15 is 0 Å². The molecule has 0 N–H and O–H groups in total. The smallest absolute Gasteiger partial charge is 0.330 e. The first-order valence-corrected chi connectivity index (χ1v) is 4.01. The van der Waals surface area contributed by atoms with Crippen LogP contribution in [0.5, 0.6) is 0 Å². The minimum atomic E-state index is -0.453. The molecule has 0 atom stereocenters. The lowest BCUT2D eigenvalue weighted by Crippen LogP contribution is -1.94. The minimum absolute atomic E-state index is 0.424. The highest BCUT2D eigenvalue weighted by atomic mass is 16.5. The van der Waals surface area contributed by atoms with E-state index in [1.165, 1.54) is 19.3 Å². The van der Waals surface area contributed by atoms with Crippen LogP contribution in [0.3, 0.4) is 0 Å². The van der Waals surface area contributed by atoms with Crippen molar-refractivity contribution in [2.45, 2.75) is 0 Å². The van der Waals surface area contributed by atoms with Gasteiger partial charge in [-0.25, -0.2) is 4.79 Å². The number of benzene rings is 1. The summed E-state index contributed by atoms with van der Waals surface area (Å²) in [4.78, 5) is 21.2. The monoisotopic (exact) mass is 189 g/mol. The number of carbonyl (C=O) groups excluding carboxylic acids is 2. The van der Waals surface area contributed by atoms with Gasteiger partial charge in [0.25, 0.3) is 0 Å². The molecule has 0 aliphatic carbocycles. The largest absolute Gasteiger partial charge is 0.466 e. The molecule has 1 rings (SSSR count). The number of ether oxygens (including phenoxy) is 1. The van der Waals surface area contributed by atoms with Gasteiger partial charge < -0.3 is 4.74 Å². The quantitative estimate of drug-likeness (QED) is 0.532. The Hall–Kier alpha value is -1.90. The van der Waals surface area contributed by atoms with Crippen molar-refractivity contribution in [3.05, 3.63) is 41.5 Å². The van der Waals surface area contributed by atoms with Crippen molar-refractivity contribution in [1.82, 2.24) is 0 Å². The molecular formula is C11H9O3. The molecule has 0 aliphatic heterocycles. The maximum Gasteiger partial charge on any atom is 0.330 e. The van der Waals surface area contributed by atoms with Crippen molar-refractivity contribution in [3.8, 4) is 0 Å².